The van der Waals surface area contributed by atoms with Crippen molar-refractivity contribution >= 4 is 27.3 Å². The Labute approximate surface area is 121 Å². The number of aromatic nitrogens is 1. The van der Waals surface area contributed by atoms with Gasteiger partial charge >= 0.3 is 0 Å². The number of rotatable bonds is 4. The van der Waals surface area contributed by atoms with Crippen molar-refractivity contribution < 1.29 is 13.2 Å². The summed E-state index contributed by atoms with van der Waals surface area (Å²) in [7, 11) is -2.21. The van der Waals surface area contributed by atoms with Crippen molar-refractivity contribution in [2.45, 2.75) is 4.90 Å². The van der Waals surface area contributed by atoms with E-state index in [9.17, 15) is 8.42 Å². The van der Waals surface area contributed by atoms with Gasteiger partial charge in [-0.25, -0.2) is 13.1 Å². The molecule has 0 aliphatic carbocycles. The molecule has 0 aliphatic rings. The summed E-state index contributed by atoms with van der Waals surface area (Å²) >= 11 is 5.79. The Morgan fingerprint density at radius 3 is 2.65 bits per heavy atom. The lowest BCUT2D eigenvalue weighted by Gasteiger charge is -2.10. The normalized spacial score (nSPS) is 11.3. The smallest absolute Gasteiger partial charge is 0.240 e. The van der Waals surface area contributed by atoms with Gasteiger partial charge in [0, 0.05) is 12.3 Å². The van der Waals surface area contributed by atoms with Gasteiger partial charge in [0.1, 0.15) is 11.5 Å². The summed E-state index contributed by atoms with van der Waals surface area (Å²) in [4.78, 5) is 3.94. The molecule has 0 atom stereocenters. The molecule has 0 saturated carbocycles. The van der Waals surface area contributed by atoms with Gasteiger partial charge in [-0.05, 0) is 25.2 Å². The molecule has 0 fully saturated rings. The van der Waals surface area contributed by atoms with E-state index in [1.807, 2.05) is 0 Å². The van der Waals surface area contributed by atoms with Crippen LogP contribution in [0.1, 0.15) is 0 Å². The van der Waals surface area contributed by atoms with Crippen molar-refractivity contribution in [1.82, 2.24) is 9.71 Å². The highest BCUT2D eigenvalue weighted by atomic mass is 35.5. The fourth-order valence-corrected chi connectivity index (χ4v) is 2.41. The van der Waals surface area contributed by atoms with Crippen LogP contribution in [0, 0.1) is 0 Å². The van der Waals surface area contributed by atoms with Crippen LogP contribution in [0.15, 0.2) is 41.6 Å². The van der Waals surface area contributed by atoms with E-state index in [1.165, 1.54) is 37.6 Å². The second-order valence-electron chi connectivity index (χ2n) is 3.85. The van der Waals surface area contributed by atoms with Crippen molar-refractivity contribution in [3.63, 3.8) is 0 Å². The van der Waals surface area contributed by atoms with Crippen molar-refractivity contribution in [2.75, 3.05) is 12.8 Å². The zero-order valence-electron chi connectivity index (χ0n) is 10.5. The highest BCUT2D eigenvalue weighted by Crippen LogP contribution is 2.30. The lowest BCUT2D eigenvalue weighted by Crippen LogP contribution is -2.18. The number of sulfonamides is 1. The van der Waals surface area contributed by atoms with Gasteiger partial charge in [-0.3, -0.25) is 4.98 Å². The molecule has 3 N–H and O–H groups in total. The maximum atomic E-state index is 11.6. The predicted octanol–water partition coefficient (Wildman–Crippen LogP) is 2.02. The number of ether oxygens (including phenoxy) is 1. The molecule has 1 heterocycles. The molecule has 0 unspecified atom stereocenters. The number of halogens is 1. The van der Waals surface area contributed by atoms with Gasteiger partial charge in [0.15, 0.2) is 0 Å². The number of benzene rings is 1. The van der Waals surface area contributed by atoms with E-state index in [-0.39, 0.29) is 10.6 Å². The number of hydrogen-bond acceptors (Lipinski definition) is 5. The average molecular weight is 314 g/mol. The third-order valence-corrected chi connectivity index (χ3v) is 4.09. The first kappa shape index (κ1) is 14.6. The van der Waals surface area contributed by atoms with Crippen molar-refractivity contribution in [1.29, 1.82) is 0 Å². The second-order valence-corrected chi connectivity index (χ2v) is 6.17. The lowest BCUT2D eigenvalue weighted by atomic mass is 10.3. The van der Waals surface area contributed by atoms with Crippen LogP contribution in [0.2, 0.25) is 5.02 Å². The average Bonchev–Trinajstić information content (AvgIpc) is 2.41. The summed E-state index contributed by atoms with van der Waals surface area (Å²) in [6, 6.07) is 5.77. The summed E-state index contributed by atoms with van der Waals surface area (Å²) in [6.07, 6.45) is 2.95. The Hall–Kier alpha value is -1.83. The molecule has 8 heteroatoms. The Balaban J connectivity index is 2.31. The lowest BCUT2D eigenvalue weighted by molar-refractivity contribution is 0.482. The summed E-state index contributed by atoms with van der Waals surface area (Å²) < 4.78 is 31.0. The molecule has 2 rings (SSSR count). The first-order chi connectivity index (χ1) is 9.42. The number of nitrogen functional groups attached to an aromatic ring is 1. The minimum absolute atomic E-state index is 0.0640. The van der Waals surface area contributed by atoms with Gasteiger partial charge in [0.25, 0.3) is 0 Å². The molecular formula is C12H12ClN3O3S. The van der Waals surface area contributed by atoms with Gasteiger partial charge in [0.05, 0.1) is 21.8 Å². The maximum Gasteiger partial charge on any atom is 0.240 e. The van der Waals surface area contributed by atoms with E-state index in [4.69, 9.17) is 22.1 Å². The van der Waals surface area contributed by atoms with Gasteiger partial charge in [-0.2, -0.15) is 0 Å². The van der Waals surface area contributed by atoms with E-state index in [1.54, 1.807) is 6.07 Å². The number of hydrogen-bond donors (Lipinski definition) is 2. The molecule has 2 aromatic rings. The third-order valence-electron chi connectivity index (χ3n) is 2.47. The molecule has 1 aromatic carbocycles. The molecule has 0 radical (unpaired) electrons. The van der Waals surface area contributed by atoms with Gasteiger partial charge in [0.2, 0.25) is 10.0 Å². The van der Waals surface area contributed by atoms with E-state index in [0.717, 1.165) is 0 Å². The number of nitrogens with one attached hydrogen (secondary N) is 1. The zero-order chi connectivity index (χ0) is 14.8. The Morgan fingerprint density at radius 2 is 2.05 bits per heavy atom. The minimum Gasteiger partial charge on any atom is -0.454 e. The van der Waals surface area contributed by atoms with E-state index >= 15 is 0 Å². The number of pyridine rings is 1. The van der Waals surface area contributed by atoms with Crippen LogP contribution in [0.4, 0.5) is 5.69 Å². The van der Waals surface area contributed by atoms with Gasteiger partial charge < -0.3 is 10.5 Å². The van der Waals surface area contributed by atoms with E-state index < -0.39 is 10.0 Å². The molecule has 20 heavy (non-hydrogen) atoms. The van der Waals surface area contributed by atoms with Crippen molar-refractivity contribution in [2.24, 2.45) is 0 Å². The molecular weight excluding hydrogens is 302 g/mol. The molecule has 0 spiro atoms. The fraction of sp³-hybridized carbons (Fsp3) is 0.0833. The monoisotopic (exact) mass is 313 g/mol. The van der Waals surface area contributed by atoms with Crippen LogP contribution >= 0.6 is 11.6 Å². The Kier molecular flexibility index (Phi) is 4.12. The third kappa shape index (κ3) is 3.19. The molecule has 106 valence electrons. The van der Waals surface area contributed by atoms with Crippen LogP contribution < -0.4 is 15.2 Å². The topological polar surface area (TPSA) is 94.3 Å². The van der Waals surface area contributed by atoms with E-state index in [0.29, 0.717) is 16.5 Å². The van der Waals surface area contributed by atoms with E-state index in [2.05, 4.69) is 9.71 Å². The zero-order valence-corrected chi connectivity index (χ0v) is 12.1. The fourth-order valence-electron chi connectivity index (χ4n) is 1.48. The number of anilines is 1. The molecule has 0 saturated heterocycles. The minimum atomic E-state index is -3.54. The van der Waals surface area contributed by atoms with Crippen LogP contribution in [0.5, 0.6) is 11.5 Å². The second kappa shape index (κ2) is 5.66. The summed E-state index contributed by atoms with van der Waals surface area (Å²) in [6.45, 7) is 0. The van der Waals surface area contributed by atoms with Crippen LogP contribution in [-0.4, -0.2) is 20.4 Å². The Morgan fingerprint density at radius 1 is 1.30 bits per heavy atom. The molecule has 0 amide bonds. The molecule has 1 aromatic heterocycles. The van der Waals surface area contributed by atoms with Crippen LogP contribution in [0.25, 0.3) is 0 Å². The molecule has 6 nitrogen and oxygen atoms in total. The largest absolute Gasteiger partial charge is 0.454 e. The Bertz CT molecular complexity index is 734. The van der Waals surface area contributed by atoms with Crippen LogP contribution in [0.3, 0.4) is 0 Å². The van der Waals surface area contributed by atoms with Gasteiger partial charge in [-0.15, -0.1) is 0 Å². The highest BCUT2D eigenvalue weighted by molar-refractivity contribution is 7.89. The number of nitrogens with zero attached hydrogens (tertiary/aromatic N) is 1. The van der Waals surface area contributed by atoms with Crippen molar-refractivity contribution in [3.8, 4) is 11.5 Å². The first-order valence-electron chi connectivity index (χ1n) is 5.54. The highest BCUT2D eigenvalue weighted by Gasteiger charge is 2.13. The summed E-state index contributed by atoms with van der Waals surface area (Å²) in [5.41, 5.74) is 5.98. The summed E-state index contributed by atoms with van der Waals surface area (Å²) in [5.74, 6) is 0.734. The number of nitrogens with two attached hydrogens (primary N) is 1. The standard InChI is InChI=1S/C12H12ClN3O3S/c1-15-20(17,18)10-2-3-12(11(14)5-10)19-9-4-8(13)6-16-7-9/h2-7,15H,14H2,1H3. The molecule has 0 bridgehead atoms. The summed E-state index contributed by atoms with van der Waals surface area (Å²) in [5, 5.41) is 0.426. The first-order valence-corrected chi connectivity index (χ1v) is 7.40. The van der Waals surface area contributed by atoms with Gasteiger partial charge in [-0.1, -0.05) is 11.6 Å². The molecule has 0 aliphatic heterocycles. The maximum absolute atomic E-state index is 11.6. The van der Waals surface area contributed by atoms with Crippen LogP contribution in [-0.2, 0) is 10.0 Å². The SMILES string of the molecule is CNS(=O)(=O)c1ccc(Oc2cncc(Cl)c2)c(N)c1. The van der Waals surface area contributed by atoms with Crippen molar-refractivity contribution in [3.05, 3.63) is 41.7 Å². The quantitative estimate of drug-likeness (QED) is 0.842. The predicted molar refractivity (Wildman–Crippen MR) is 76.4 cm³/mol.